The van der Waals surface area contributed by atoms with E-state index in [1.165, 1.54) is 5.56 Å². The molecule has 5 rings (SSSR count). The van der Waals surface area contributed by atoms with Crippen LogP contribution < -0.4 is 0 Å². The predicted molar refractivity (Wildman–Crippen MR) is 141 cm³/mol. The Balaban J connectivity index is 1.18. The molecule has 3 aliphatic heterocycles. The van der Waals surface area contributed by atoms with Crippen molar-refractivity contribution in [2.75, 3.05) is 39.8 Å². The third kappa shape index (κ3) is 5.37. The summed E-state index contributed by atoms with van der Waals surface area (Å²) >= 11 is 0. The third-order valence-corrected chi connectivity index (χ3v) is 9.47. The zero-order valence-electron chi connectivity index (χ0n) is 21.3. The standard InChI is InChI=1S/C27H35N5O4S/c1-29-25(27(33)34)28-32(26(29)22-9-3-2-4-10-22)17-8-5-14-30-18-13-21-11-12-24(19-23(21)20-30)37(35,36)31-15-6-7-16-31/h2-4,9-12,19,26H,5-8,13-18,20H2,1H3,(H,33,34). The van der Waals surface area contributed by atoms with Crippen LogP contribution in [0.3, 0.4) is 0 Å². The number of aliphatic carboxylic acids is 1. The summed E-state index contributed by atoms with van der Waals surface area (Å²) in [5.41, 5.74) is 3.35. The summed E-state index contributed by atoms with van der Waals surface area (Å²) in [6.45, 7) is 4.48. The molecule has 1 N–H and O–H groups in total. The Morgan fingerprint density at radius 3 is 2.46 bits per heavy atom. The molecule has 0 aromatic heterocycles. The van der Waals surface area contributed by atoms with E-state index < -0.39 is 16.0 Å². The van der Waals surface area contributed by atoms with Crippen molar-refractivity contribution in [2.45, 2.75) is 49.7 Å². The Morgan fingerprint density at radius 1 is 1.00 bits per heavy atom. The zero-order valence-corrected chi connectivity index (χ0v) is 22.1. The normalized spacial score (nSPS) is 20.8. The fraction of sp³-hybridized carbons (Fsp3) is 0.481. The molecule has 0 bridgehead atoms. The number of fused-ring (bicyclic) bond motifs is 1. The van der Waals surface area contributed by atoms with Crippen LogP contribution in [0, 0.1) is 0 Å². The number of rotatable bonds is 9. The molecule has 10 heteroatoms. The van der Waals surface area contributed by atoms with Crippen LogP contribution in [-0.4, -0.2) is 84.2 Å². The van der Waals surface area contributed by atoms with Crippen molar-refractivity contribution in [1.29, 1.82) is 0 Å². The van der Waals surface area contributed by atoms with Gasteiger partial charge in [-0.2, -0.15) is 4.31 Å². The van der Waals surface area contributed by atoms with Crippen LogP contribution in [0.15, 0.2) is 58.5 Å². The van der Waals surface area contributed by atoms with E-state index in [0.717, 1.165) is 62.9 Å². The molecule has 0 saturated carbocycles. The minimum Gasteiger partial charge on any atom is -0.475 e. The van der Waals surface area contributed by atoms with Crippen molar-refractivity contribution in [3.8, 4) is 0 Å². The van der Waals surface area contributed by atoms with Gasteiger partial charge in [-0.3, -0.25) is 9.91 Å². The van der Waals surface area contributed by atoms with Gasteiger partial charge in [0.2, 0.25) is 15.9 Å². The van der Waals surface area contributed by atoms with E-state index >= 15 is 0 Å². The summed E-state index contributed by atoms with van der Waals surface area (Å²) in [4.78, 5) is 16.2. The van der Waals surface area contributed by atoms with Gasteiger partial charge in [-0.05, 0) is 67.5 Å². The Hall–Kier alpha value is -2.95. The van der Waals surface area contributed by atoms with E-state index in [1.807, 2.05) is 47.5 Å². The molecule has 9 nitrogen and oxygen atoms in total. The third-order valence-electron chi connectivity index (χ3n) is 7.58. The monoisotopic (exact) mass is 525 g/mol. The van der Waals surface area contributed by atoms with E-state index in [4.69, 9.17) is 0 Å². The minimum absolute atomic E-state index is 0.0566. The number of likely N-dealkylation sites (N-methyl/N-ethyl adjacent to an activating group) is 1. The number of unbranched alkanes of at least 4 members (excludes halogenated alkanes) is 1. The maximum atomic E-state index is 13.0. The summed E-state index contributed by atoms with van der Waals surface area (Å²) in [5, 5.41) is 15.9. The summed E-state index contributed by atoms with van der Waals surface area (Å²) in [5.74, 6) is -0.967. The Kier molecular flexibility index (Phi) is 7.50. The van der Waals surface area contributed by atoms with Gasteiger partial charge < -0.3 is 10.0 Å². The van der Waals surface area contributed by atoms with Crippen molar-refractivity contribution in [3.63, 3.8) is 0 Å². The number of hydrogen-bond donors (Lipinski definition) is 1. The van der Waals surface area contributed by atoms with Gasteiger partial charge in [0.1, 0.15) is 6.17 Å². The zero-order chi connectivity index (χ0) is 26.0. The maximum absolute atomic E-state index is 13.0. The number of carboxylic acids is 1. The number of sulfonamides is 1. The molecule has 0 spiro atoms. The average molecular weight is 526 g/mol. The van der Waals surface area contributed by atoms with E-state index in [2.05, 4.69) is 10.0 Å². The van der Waals surface area contributed by atoms with Gasteiger partial charge in [-0.1, -0.05) is 36.4 Å². The summed E-state index contributed by atoms with van der Waals surface area (Å²) in [6, 6.07) is 15.5. The van der Waals surface area contributed by atoms with Gasteiger partial charge in [-0.15, -0.1) is 5.10 Å². The topological polar surface area (TPSA) is 96.8 Å². The van der Waals surface area contributed by atoms with Gasteiger partial charge in [0.25, 0.3) is 0 Å². The SMILES string of the molecule is CN1C(C(=O)O)=NN(CCCCN2CCc3ccc(S(=O)(=O)N4CCCC4)cc3C2)C1c1ccccc1. The Bertz CT molecular complexity index is 1260. The first kappa shape index (κ1) is 25.7. The molecule has 1 fully saturated rings. The quantitative estimate of drug-likeness (QED) is 0.503. The number of carboxylic acid groups (broad SMARTS) is 1. The van der Waals surface area contributed by atoms with Crippen molar-refractivity contribution in [1.82, 2.24) is 19.1 Å². The fourth-order valence-electron chi connectivity index (χ4n) is 5.58. The number of nitrogens with zero attached hydrogens (tertiary/aromatic N) is 5. The lowest BCUT2D eigenvalue weighted by Crippen LogP contribution is -2.35. The number of carbonyl (C=O) groups is 1. The summed E-state index contributed by atoms with van der Waals surface area (Å²) in [6.07, 6.45) is 4.37. The first-order chi connectivity index (χ1) is 17.8. The first-order valence-corrected chi connectivity index (χ1v) is 14.5. The van der Waals surface area contributed by atoms with Crippen molar-refractivity contribution >= 4 is 21.8 Å². The largest absolute Gasteiger partial charge is 0.475 e. The highest BCUT2D eigenvalue weighted by molar-refractivity contribution is 7.89. The number of hydrogen-bond acceptors (Lipinski definition) is 7. The highest BCUT2D eigenvalue weighted by atomic mass is 32.2. The van der Waals surface area contributed by atoms with E-state index in [-0.39, 0.29) is 12.0 Å². The molecule has 0 amide bonds. The van der Waals surface area contributed by atoms with E-state index in [9.17, 15) is 18.3 Å². The predicted octanol–water partition coefficient (Wildman–Crippen LogP) is 2.95. The molecular formula is C27H35N5O4S. The highest BCUT2D eigenvalue weighted by Gasteiger charge is 2.35. The summed E-state index contributed by atoms with van der Waals surface area (Å²) in [7, 11) is -1.64. The van der Waals surface area contributed by atoms with E-state index in [1.54, 1.807) is 22.3 Å². The molecular weight excluding hydrogens is 490 g/mol. The van der Waals surface area contributed by atoms with Gasteiger partial charge in [0.15, 0.2) is 0 Å². The van der Waals surface area contributed by atoms with Gasteiger partial charge >= 0.3 is 5.97 Å². The van der Waals surface area contributed by atoms with Crippen molar-refractivity contribution in [2.24, 2.45) is 5.10 Å². The highest BCUT2D eigenvalue weighted by Crippen LogP contribution is 2.30. The second-order valence-electron chi connectivity index (χ2n) is 10.1. The molecule has 1 saturated heterocycles. The van der Waals surface area contributed by atoms with Crippen LogP contribution in [0.2, 0.25) is 0 Å². The first-order valence-electron chi connectivity index (χ1n) is 13.1. The molecule has 2 aromatic rings. The van der Waals surface area contributed by atoms with Crippen molar-refractivity contribution < 1.29 is 18.3 Å². The lowest BCUT2D eigenvalue weighted by atomic mass is 10.00. The average Bonchev–Trinajstić information content (AvgIpc) is 3.56. The maximum Gasteiger partial charge on any atom is 0.373 e. The van der Waals surface area contributed by atoms with Gasteiger partial charge in [0.05, 0.1) is 4.90 Å². The van der Waals surface area contributed by atoms with E-state index in [0.29, 0.717) is 24.5 Å². The smallest absolute Gasteiger partial charge is 0.373 e. The van der Waals surface area contributed by atoms with Gasteiger partial charge in [0, 0.05) is 39.8 Å². The second-order valence-corrected chi connectivity index (χ2v) is 12.0. The molecule has 3 heterocycles. The fourth-order valence-corrected chi connectivity index (χ4v) is 7.15. The molecule has 3 aliphatic rings. The molecule has 0 aliphatic carbocycles. The van der Waals surface area contributed by atoms with Crippen LogP contribution in [0.5, 0.6) is 0 Å². The van der Waals surface area contributed by atoms with Crippen LogP contribution in [-0.2, 0) is 27.8 Å². The van der Waals surface area contributed by atoms with Crippen LogP contribution in [0.25, 0.3) is 0 Å². The molecule has 1 unspecified atom stereocenters. The number of hydrazone groups is 1. The lowest BCUT2D eigenvalue weighted by Gasteiger charge is -2.30. The lowest BCUT2D eigenvalue weighted by molar-refractivity contribution is -0.130. The Morgan fingerprint density at radius 2 is 1.73 bits per heavy atom. The minimum atomic E-state index is -3.41. The molecule has 198 valence electrons. The molecule has 37 heavy (non-hydrogen) atoms. The number of benzene rings is 2. The molecule has 1 atom stereocenters. The van der Waals surface area contributed by atoms with Crippen LogP contribution in [0.1, 0.15) is 48.5 Å². The molecule has 2 aromatic carbocycles. The second kappa shape index (κ2) is 10.8. The van der Waals surface area contributed by atoms with Crippen LogP contribution in [0.4, 0.5) is 0 Å². The Labute approximate surface area is 219 Å². The summed E-state index contributed by atoms with van der Waals surface area (Å²) < 4.78 is 27.6. The van der Waals surface area contributed by atoms with Crippen molar-refractivity contribution in [3.05, 3.63) is 65.2 Å². The number of amidine groups is 1. The van der Waals surface area contributed by atoms with Crippen LogP contribution >= 0.6 is 0 Å². The molecule has 0 radical (unpaired) electrons. The van der Waals surface area contributed by atoms with Gasteiger partial charge in [-0.25, -0.2) is 13.2 Å².